The first-order valence-electron chi connectivity index (χ1n) is 4.59. The summed E-state index contributed by atoms with van der Waals surface area (Å²) in [5, 5.41) is 3.23. The van der Waals surface area contributed by atoms with Crippen LogP contribution in [-0.4, -0.2) is 24.6 Å². The van der Waals surface area contributed by atoms with Gasteiger partial charge >= 0.3 is 5.97 Å². The van der Waals surface area contributed by atoms with Crippen molar-refractivity contribution in [2.24, 2.45) is 0 Å². The molecular weight excluding hydrogens is 180 g/mol. The van der Waals surface area contributed by atoms with E-state index >= 15 is 0 Å². The van der Waals surface area contributed by atoms with E-state index in [0.29, 0.717) is 5.69 Å². The molecule has 1 aliphatic rings. The molecule has 0 radical (unpaired) electrons. The van der Waals surface area contributed by atoms with E-state index in [-0.39, 0.29) is 12.0 Å². The maximum atomic E-state index is 11.4. The van der Waals surface area contributed by atoms with Crippen LogP contribution in [0.4, 0.5) is 0 Å². The maximum absolute atomic E-state index is 11.4. The predicted molar refractivity (Wildman–Crippen MR) is 50.9 cm³/mol. The topological polar surface area (TPSA) is 51.2 Å². The fraction of sp³-hybridized carbons (Fsp3) is 0.400. The summed E-state index contributed by atoms with van der Waals surface area (Å²) in [6.07, 6.45) is 2.66. The molecule has 1 aliphatic heterocycles. The van der Waals surface area contributed by atoms with Crippen molar-refractivity contribution in [1.29, 1.82) is 0 Å². The molecule has 4 nitrogen and oxygen atoms in total. The van der Waals surface area contributed by atoms with Crippen LogP contribution in [-0.2, 0) is 4.74 Å². The number of nitrogens with zero attached hydrogens (tertiary/aromatic N) is 1. The van der Waals surface area contributed by atoms with Crippen molar-refractivity contribution >= 4 is 5.97 Å². The highest BCUT2D eigenvalue weighted by Crippen LogP contribution is 2.24. The Kier molecular flexibility index (Phi) is 2.45. The molecule has 74 valence electrons. The molecule has 1 atom stereocenters. The van der Waals surface area contributed by atoms with Gasteiger partial charge in [0.05, 0.1) is 7.11 Å². The lowest BCUT2D eigenvalue weighted by Crippen LogP contribution is -2.36. The second kappa shape index (κ2) is 3.75. The van der Waals surface area contributed by atoms with Crippen molar-refractivity contribution in [2.75, 3.05) is 13.7 Å². The van der Waals surface area contributed by atoms with Crippen LogP contribution in [0.2, 0.25) is 0 Å². The van der Waals surface area contributed by atoms with E-state index in [9.17, 15) is 4.79 Å². The number of ether oxygens (including phenoxy) is 1. The number of pyridine rings is 1. The zero-order chi connectivity index (χ0) is 9.97. The van der Waals surface area contributed by atoms with E-state index in [0.717, 1.165) is 18.5 Å². The minimum Gasteiger partial charge on any atom is -0.464 e. The van der Waals surface area contributed by atoms with Gasteiger partial charge < -0.3 is 10.1 Å². The summed E-state index contributed by atoms with van der Waals surface area (Å²) >= 11 is 0. The highest BCUT2D eigenvalue weighted by atomic mass is 16.5. The number of methoxy groups -OCH3 is 1. The van der Waals surface area contributed by atoms with E-state index < -0.39 is 0 Å². The number of carbonyl (C=O) groups is 1. The van der Waals surface area contributed by atoms with E-state index in [1.807, 2.05) is 12.1 Å². The Bertz CT molecular complexity index is 348. The van der Waals surface area contributed by atoms with Gasteiger partial charge in [-0.25, -0.2) is 9.78 Å². The van der Waals surface area contributed by atoms with E-state index in [2.05, 4.69) is 15.0 Å². The van der Waals surface area contributed by atoms with Crippen LogP contribution in [0.1, 0.15) is 28.5 Å². The van der Waals surface area contributed by atoms with Gasteiger partial charge in [-0.05, 0) is 19.0 Å². The maximum Gasteiger partial charge on any atom is 0.356 e. The summed E-state index contributed by atoms with van der Waals surface area (Å²) in [4.78, 5) is 15.4. The molecule has 14 heavy (non-hydrogen) atoms. The lowest BCUT2D eigenvalue weighted by molar-refractivity contribution is 0.0591. The van der Waals surface area contributed by atoms with Gasteiger partial charge in [0.15, 0.2) is 5.69 Å². The third kappa shape index (κ3) is 1.48. The minimum atomic E-state index is -0.366. The molecule has 0 amide bonds. The summed E-state index contributed by atoms with van der Waals surface area (Å²) < 4.78 is 4.67. The van der Waals surface area contributed by atoms with Crippen molar-refractivity contribution in [1.82, 2.24) is 10.3 Å². The molecule has 4 heteroatoms. The molecule has 0 spiro atoms. The predicted octanol–water partition coefficient (Wildman–Crippen LogP) is 0.903. The fourth-order valence-corrected chi connectivity index (χ4v) is 1.52. The standard InChI is InChI=1S/C10H12N2O2/c1-14-10(13)9-7(3-2-5-12-9)8-4-6-11-8/h2-3,5,8,11H,4,6H2,1H3/t8-/m1/s1. The van der Waals surface area contributed by atoms with Crippen LogP contribution in [0.5, 0.6) is 0 Å². The SMILES string of the molecule is COC(=O)c1ncccc1[C@H]1CCN1. The van der Waals surface area contributed by atoms with Crippen molar-refractivity contribution in [2.45, 2.75) is 12.5 Å². The van der Waals surface area contributed by atoms with Crippen LogP contribution in [0.15, 0.2) is 18.3 Å². The Balaban J connectivity index is 2.32. The molecule has 0 aromatic carbocycles. The second-order valence-corrected chi connectivity index (χ2v) is 3.23. The van der Waals surface area contributed by atoms with Crippen molar-refractivity contribution in [3.05, 3.63) is 29.6 Å². The van der Waals surface area contributed by atoms with Crippen LogP contribution in [0.25, 0.3) is 0 Å². The zero-order valence-corrected chi connectivity index (χ0v) is 7.99. The molecule has 2 rings (SSSR count). The number of hydrogen-bond donors (Lipinski definition) is 1. The Morgan fingerprint density at radius 2 is 2.50 bits per heavy atom. The van der Waals surface area contributed by atoms with Gasteiger partial charge in [-0.3, -0.25) is 0 Å². The average molecular weight is 192 g/mol. The Morgan fingerprint density at radius 3 is 3.07 bits per heavy atom. The molecule has 1 aromatic heterocycles. The van der Waals surface area contributed by atoms with Crippen LogP contribution >= 0.6 is 0 Å². The summed E-state index contributed by atoms with van der Waals surface area (Å²) in [7, 11) is 1.37. The quantitative estimate of drug-likeness (QED) is 0.707. The molecule has 0 aliphatic carbocycles. The van der Waals surface area contributed by atoms with Crippen LogP contribution in [0, 0.1) is 0 Å². The van der Waals surface area contributed by atoms with Crippen LogP contribution in [0.3, 0.4) is 0 Å². The number of nitrogens with one attached hydrogen (secondary N) is 1. The summed E-state index contributed by atoms with van der Waals surface area (Å²) in [6.45, 7) is 1.00. The molecule has 0 bridgehead atoms. The lowest BCUT2D eigenvalue weighted by Gasteiger charge is -2.28. The summed E-state index contributed by atoms with van der Waals surface area (Å²) in [5.74, 6) is -0.366. The van der Waals surface area contributed by atoms with Gasteiger partial charge in [-0.15, -0.1) is 0 Å². The van der Waals surface area contributed by atoms with Crippen LogP contribution < -0.4 is 5.32 Å². The monoisotopic (exact) mass is 192 g/mol. The summed E-state index contributed by atoms with van der Waals surface area (Å²) in [5.41, 5.74) is 1.36. The average Bonchev–Trinajstić information content (AvgIpc) is 2.15. The normalized spacial score (nSPS) is 19.9. The second-order valence-electron chi connectivity index (χ2n) is 3.23. The Labute approximate surface area is 82.3 Å². The first kappa shape index (κ1) is 9.15. The van der Waals surface area contributed by atoms with E-state index in [1.165, 1.54) is 7.11 Å². The lowest BCUT2D eigenvalue weighted by atomic mass is 9.96. The first-order chi connectivity index (χ1) is 6.83. The van der Waals surface area contributed by atoms with E-state index in [4.69, 9.17) is 0 Å². The van der Waals surface area contributed by atoms with Gasteiger partial charge in [-0.2, -0.15) is 0 Å². The van der Waals surface area contributed by atoms with Gasteiger partial charge in [0.1, 0.15) is 0 Å². The van der Waals surface area contributed by atoms with Crippen molar-refractivity contribution < 1.29 is 9.53 Å². The van der Waals surface area contributed by atoms with Gasteiger partial charge in [0.2, 0.25) is 0 Å². The molecule has 1 N–H and O–H groups in total. The molecule has 1 aromatic rings. The molecule has 0 unspecified atom stereocenters. The summed E-state index contributed by atoms with van der Waals surface area (Å²) in [6, 6.07) is 4.01. The van der Waals surface area contributed by atoms with Gasteiger partial charge in [-0.1, -0.05) is 6.07 Å². The number of hydrogen-bond acceptors (Lipinski definition) is 4. The van der Waals surface area contributed by atoms with Crippen molar-refractivity contribution in [3.8, 4) is 0 Å². The third-order valence-corrected chi connectivity index (χ3v) is 2.42. The third-order valence-electron chi connectivity index (χ3n) is 2.42. The largest absolute Gasteiger partial charge is 0.464 e. The molecule has 1 saturated heterocycles. The molecule has 0 saturated carbocycles. The Morgan fingerprint density at radius 1 is 1.71 bits per heavy atom. The zero-order valence-electron chi connectivity index (χ0n) is 7.99. The molecule has 1 fully saturated rings. The minimum absolute atomic E-state index is 0.262. The molecule has 2 heterocycles. The highest BCUT2D eigenvalue weighted by Gasteiger charge is 2.24. The highest BCUT2D eigenvalue weighted by molar-refractivity contribution is 5.88. The fourth-order valence-electron chi connectivity index (χ4n) is 1.52. The number of aromatic nitrogens is 1. The van der Waals surface area contributed by atoms with Gasteiger partial charge in [0, 0.05) is 17.8 Å². The molecular formula is C10H12N2O2. The number of rotatable bonds is 2. The van der Waals surface area contributed by atoms with Crippen molar-refractivity contribution in [3.63, 3.8) is 0 Å². The smallest absolute Gasteiger partial charge is 0.356 e. The van der Waals surface area contributed by atoms with E-state index in [1.54, 1.807) is 6.20 Å². The number of carbonyl (C=O) groups excluding carboxylic acids is 1. The Hall–Kier alpha value is -1.42. The van der Waals surface area contributed by atoms with Gasteiger partial charge in [0.25, 0.3) is 0 Å². The first-order valence-corrected chi connectivity index (χ1v) is 4.59. The number of esters is 1.